The molecule has 30 heavy (non-hydrogen) atoms. The standard InChI is InChI=1S/C25H29N3O2/c1-20(25(29)26-24-13-7-9-21-8-5-6-12-23(21)24)28-16-14-27(15-17-28)18-19-30-22-10-3-2-4-11-22/h2-13,20H,14-19H2,1H3,(H,26,29)/t20-/m1/s1. The molecule has 0 saturated carbocycles. The second kappa shape index (κ2) is 9.74. The van der Waals surface area contributed by atoms with Crippen LogP contribution in [0.5, 0.6) is 5.75 Å². The summed E-state index contributed by atoms with van der Waals surface area (Å²) in [4.78, 5) is 17.5. The monoisotopic (exact) mass is 403 g/mol. The Morgan fingerprint density at radius 2 is 1.63 bits per heavy atom. The first-order valence-electron chi connectivity index (χ1n) is 10.6. The first kappa shape index (κ1) is 20.4. The molecule has 0 radical (unpaired) electrons. The van der Waals surface area contributed by atoms with E-state index in [0.29, 0.717) is 6.61 Å². The molecule has 1 atom stereocenters. The van der Waals surface area contributed by atoms with Crippen LogP contribution >= 0.6 is 0 Å². The third-order valence-electron chi connectivity index (χ3n) is 5.80. The maximum Gasteiger partial charge on any atom is 0.241 e. The van der Waals surface area contributed by atoms with Crippen LogP contribution in [0.15, 0.2) is 72.8 Å². The van der Waals surface area contributed by atoms with E-state index in [2.05, 4.69) is 27.2 Å². The molecule has 1 aliphatic heterocycles. The molecule has 5 heteroatoms. The van der Waals surface area contributed by atoms with E-state index < -0.39 is 0 Å². The third kappa shape index (κ3) is 4.99. The molecule has 4 rings (SSSR count). The van der Waals surface area contributed by atoms with Gasteiger partial charge in [-0.25, -0.2) is 0 Å². The molecule has 3 aromatic carbocycles. The summed E-state index contributed by atoms with van der Waals surface area (Å²) in [7, 11) is 0. The summed E-state index contributed by atoms with van der Waals surface area (Å²) < 4.78 is 5.80. The lowest BCUT2D eigenvalue weighted by Crippen LogP contribution is -2.53. The van der Waals surface area contributed by atoms with Crippen LogP contribution < -0.4 is 10.1 Å². The van der Waals surface area contributed by atoms with Crippen LogP contribution in [0.3, 0.4) is 0 Å². The number of hydrogen-bond acceptors (Lipinski definition) is 4. The number of nitrogens with one attached hydrogen (secondary N) is 1. The summed E-state index contributed by atoms with van der Waals surface area (Å²) in [5.74, 6) is 0.960. The first-order chi connectivity index (χ1) is 14.7. The zero-order valence-corrected chi connectivity index (χ0v) is 17.5. The predicted molar refractivity (Wildman–Crippen MR) is 122 cm³/mol. The number of piperazine rings is 1. The number of carbonyl (C=O) groups excluding carboxylic acids is 1. The molecular weight excluding hydrogens is 374 g/mol. The molecule has 5 nitrogen and oxygen atoms in total. The van der Waals surface area contributed by atoms with Gasteiger partial charge in [-0.2, -0.15) is 0 Å². The Kier molecular flexibility index (Phi) is 6.62. The van der Waals surface area contributed by atoms with Crippen molar-refractivity contribution in [2.75, 3.05) is 44.6 Å². The van der Waals surface area contributed by atoms with Crippen molar-refractivity contribution in [2.45, 2.75) is 13.0 Å². The van der Waals surface area contributed by atoms with Crippen LogP contribution in [-0.2, 0) is 4.79 Å². The fraction of sp³-hybridized carbons (Fsp3) is 0.320. The van der Waals surface area contributed by atoms with Gasteiger partial charge < -0.3 is 10.1 Å². The van der Waals surface area contributed by atoms with Crippen LogP contribution in [0.25, 0.3) is 10.8 Å². The summed E-state index contributed by atoms with van der Waals surface area (Å²) in [5.41, 5.74) is 0.877. The summed E-state index contributed by atoms with van der Waals surface area (Å²) in [6.07, 6.45) is 0. The molecule has 0 bridgehead atoms. The van der Waals surface area contributed by atoms with Gasteiger partial charge in [0.2, 0.25) is 5.91 Å². The topological polar surface area (TPSA) is 44.8 Å². The normalized spacial score (nSPS) is 16.3. The van der Waals surface area contributed by atoms with Crippen molar-refractivity contribution in [1.82, 2.24) is 9.80 Å². The van der Waals surface area contributed by atoms with Crippen molar-refractivity contribution in [2.24, 2.45) is 0 Å². The van der Waals surface area contributed by atoms with Crippen molar-refractivity contribution in [3.05, 3.63) is 72.8 Å². The summed E-state index contributed by atoms with van der Waals surface area (Å²) >= 11 is 0. The van der Waals surface area contributed by atoms with Crippen molar-refractivity contribution in [3.63, 3.8) is 0 Å². The number of ether oxygens (including phenoxy) is 1. The van der Waals surface area contributed by atoms with Crippen molar-refractivity contribution in [1.29, 1.82) is 0 Å². The van der Waals surface area contributed by atoms with Crippen molar-refractivity contribution in [3.8, 4) is 5.75 Å². The van der Waals surface area contributed by atoms with E-state index in [1.54, 1.807) is 0 Å². The minimum absolute atomic E-state index is 0.0483. The van der Waals surface area contributed by atoms with Crippen LogP contribution in [0, 0.1) is 0 Å². The fourth-order valence-electron chi connectivity index (χ4n) is 3.92. The van der Waals surface area contributed by atoms with E-state index in [1.807, 2.05) is 67.6 Å². The van der Waals surface area contributed by atoms with E-state index >= 15 is 0 Å². The van der Waals surface area contributed by atoms with Crippen molar-refractivity contribution < 1.29 is 9.53 Å². The van der Waals surface area contributed by atoms with E-state index in [4.69, 9.17) is 4.74 Å². The zero-order chi connectivity index (χ0) is 20.8. The number of para-hydroxylation sites is 1. The zero-order valence-electron chi connectivity index (χ0n) is 17.5. The van der Waals surface area contributed by atoms with Gasteiger partial charge in [0.15, 0.2) is 0 Å². The van der Waals surface area contributed by atoms with Gasteiger partial charge in [0.25, 0.3) is 0 Å². The second-order valence-electron chi connectivity index (χ2n) is 7.73. The summed E-state index contributed by atoms with van der Waals surface area (Å²) in [5, 5.41) is 5.34. The number of anilines is 1. The number of hydrogen-bond donors (Lipinski definition) is 1. The van der Waals surface area contributed by atoms with Gasteiger partial charge >= 0.3 is 0 Å². The molecule has 1 saturated heterocycles. The third-order valence-corrected chi connectivity index (χ3v) is 5.80. The Hall–Kier alpha value is -2.89. The number of amides is 1. The number of fused-ring (bicyclic) bond motifs is 1. The second-order valence-corrected chi connectivity index (χ2v) is 7.73. The predicted octanol–water partition coefficient (Wildman–Crippen LogP) is 3.86. The molecule has 1 N–H and O–H groups in total. The minimum Gasteiger partial charge on any atom is -0.492 e. The van der Waals surface area contributed by atoms with Gasteiger partial charge in [-0.15, -0.1) is 0 Å². The molecule has 0 unspecified atom stereocenters. The smallest absolute Gasteiger partial charge is 0.241 e. The Morgan fingerprint density at radius 1 is 0.933 bits per heavy atom. The number of benzene rings is 3. The molecule has 0 spiro atoms. The van der Waals surface area contributed by atoms with Crippen molar-refractivity contribution >= 4 is 22.4 Å². The molecule has 0 aromatic heterocycles. The fourth-order valence-corrected chi connectivity index (χ4v) is 3.92. The van der Waals surface area contributed by atoms with Gasteiger partial charge in [-0.3, -0.25) is 14.6 Å². The largest absolute Gasteiger partial charge is 0.492 e. The van der Waals surface area contributed by atoms with Gasteiger partial charge in [-0.05, 0) is 30.5 Å². The Labute approximate surface area is 178 Å². The molecule has 1 amide bonds. The summed E-state index contributed by atoms with van der Waals surface area (Å²) in [6.45, 7) is 7.24. The number of nitrogens with zero attached hydrogens (tertiary/aromatic N) is 2. The molecule has 3 aromatic rings. The van der Waals surface area contributed by atoms with E-state index in [9.17, 15) is 4.79 Å². The van der Waals surface area contributed by atoms with Gasteiger partial charge in [-0.1, -0.05) is 54.6 Å². The molecule has 1 heterocycles. The first-order valence-corrected chi connectivity index (χ1v) is 10.6. The highest BCUT2D eigenvalue weighted by Crippen LogP contribution is 2.23. The maximum atomic E-state index is 12.9. The van der Waals surface area contributed by atoms with Crippen LogP contribution in [0.2, 0.25) is 0 Å². The van der Waals surface area contributed by atoms with Crippen LogP contribution in [0.1, 0.15) is 6.92 Å². The highest BCUT2D eigenvalue weighted by Gasteiger charge is 2.25. The quantitative estimate of drug-likeness (QED) is 0.651. The lowest BCUT2D eigenvalue weighted by Gasteiger charge is -2.37. The van der Waals surface area contributed by atoms with E-state index in [0.717, 1.165) is 54.9 Å². The van der Waals surface area contributed by atoms with Gasteiger partial charge in [0.05, 0.1) is 6.04 Å². The SMILES string of the molecule is C[C@H](C(=O)Nc1cccc2ccccc12)N1CCN(CCOc2ccccc2)CC1. The van der Waals surface area contributed by atoms with Gasteiger partial charge in [0, 0.05) is 43.8 Å². The molecule has 156 valence electrons. The Morgan fingerprint density at radius 3 is 2.43 bits per heavy atom. The van der Waals surface area contributed by atoms with Crippen LogP contribution in [-0.4, -0.2) is 61.1 Å². The van der Waals surface area contributed by atoms with Gasteiger partial charge in [0.1, 0.15) is 12.4 Å². The molecule has 0 aliphatic carbocycles. The summed E-state index contributed by atoms with van der Waals surface area (Å²) in [6, 6.07) is 23.9. The molecule has 1 fully saturated rings. The molecular formula is C25H29N3O2. The highest BCUT2D eigenvalue weighted by molar-refractivity contribution is 6.03. The highest BCUT2D eigenvalue weighted by atomic mass is 16.5. The lowest BCUT2D eigenvalue weighted by atomic mass is 10.1. The lowest BCUT2D eigenvalue weighted by molar-refractivity contribution is -0.121. The molecule has 1 aliphatic rings. The Balaban J connectivity index is 1.25. The average Bonchev–Trinajstić information content (AvgIpc) is 2.80. The number of carbonyl (C=O) groups is 1. The van der Waals surface area contributed by atoms with Crippen LogP contribution in [0.4, 0.5) is 5.69 Å². The average molecular weight is 404 g/mol. The Bertz CT molecular complexity index is 963. The number of rotatable bonds is 7. The maximum absolute atomic E-state index is 12.9. The van der Waals surface area contributed by atoms with E-state index in [1.165, 1.54) is 0 Å². The van der Waals surface area contributed by atoms with E-state index in [-0.39, 0.29) is 11.9 Å². The minimum atomic E-state index is -0.160.